The molecule has 2 rings (SSSR count). The lowest BCUT2D eigenvalue weighted by Gasteiger charge is -2.15. The number of pyridine rings is 1. The lowest BCUT2D eigenvalue weighted by Crippen LogP contribution is -2.26. The average Bonchev–Trinajstić information content (AvgIpc) is 2.91. The van der Waals surface area contributed by atoms with Gasteiger partial charge in [-0.3, -0.25) is 4.79 Å². The van der Waals surface area contributed by atoms with Gasteiger partial charge in [-0.15, -0.1) is 0 Å². The molecule has 0 unspecified atom stereocenters. The number of nitrogens with zero attached hydrogens (tertiary/aromatic N) is 4. The molecule has 0 atom stereocenters. The molecule has 0 N–H and O–H groups in total. The Balaban J connectivity index is 2.02. The Labute approximate surface area is 150 Å². The number of amides is 1. The van der Waals surface area contributed by atoms with E-state index in [9.17, 15) is 23.2 Å². The van der Waals surface area contributed by atoms with Crippen molar-refractivity contribution >= 4 is 35.0 Å². The largest absolute Gasteiger partial charge is 0.619 e. The molecule has 136 valence electrons. The van der Waals surface area contributed by atoms with Crippen molar-refractivity contribution in [1.82, 2.24) is 9.78 Å². The van der Waals surface area contributed by atoms with Crippen molar-refractivity contribution < 1.29 is 22.7 Å². The Bertz CT molecular complexity index is 754. The fourth-order valence-electron chi connectivity index (χ4n) is 1.93. The summed E-state index contributed by atoms with van der Waals surface area (Å²) in [5.41, 5.74) is 0.751. The number of anilines is 1. The van der Waals surface area contributed by atoms with Crippen molar-refractivity contribution in [2.75, 3.05) is 23.5 Å². The highest BCUT2D eigenvalue weighted by molar-refractivity contribution is 7.99. The maximum atomic E-state index is 12.1. The molecule has 6 nitrogen and oxygen atoms in total. The topological polar surface area (TPSA) is 65.1 Å². The number of halogens is 4. The van der Waals surface area contributed by atoms with E-state index in [0.717, 1.165) is 0 Å². The summed E-state index contributed by atoms with van der Waals surface area (Å²) in [6.07, 6.45) is -0.256. The summed E-state index contributed by atoms with van der Waals surface area (Å²) < 4.78 is 38.2. The van der Waals surface area contributed by atoms with Crippen LogP contribution in [0.15, 0.2) is 30.7 Å². The summed E-state index contributed by atoms with van der Waals surface area (Å²) >= 11 is 6.68. The van der Waals surface area contributed by atoms with Crippen LogP contribution in [-0.4, -0.2) is 40.4 Å². The first-order valence-electron chi connectivity index (χ1n) is 7.03. The Hall–Kier alpha value is -1.94. The monoisotopic (exact) mass is 394 g/mol. The maximum Gasteiger partial charge on any atom is 0.397 e. The molecule has 0 aliphatic rings. The van der Waals surface area contributed by atoms with Gasteiger partial charge < -0.3 is 10.1 Å². The highest BCUT2D eigenvalue weighted by atomic mass is 35.5. The van der Waals surface area contributed by atoms with Crippen molar-refractivity contribution in [3.8, 4) is 5.69 Å². The molecule has 2 aromatic heterocycles. The molecule has 2 heterocycles. The molecule has 25 heavy (non-hydrogen) atoms. The zero-order chi connectivity index (χ0) is 18.6. The van der Waals surface area contributed by atoms with E-state index in [1.165, 1.54) is 41.3 Å². The van der Waals surface area contributed by atoms with E-state index in [1.807, 2.05) is 0 Å². The van der Waals surface area contributed by atoms with Gasteiger partial charge in [-0.25, -0.2) is 4.68 Å². The molecule has 0 saturated heterocycles. The van der Waals surface area contributed by atoms with E-state index in [-0.39, 0.29) is 23.2 Å². The Morgan fingerprint density at radius 2 is 2.24 bits per heavy atom. The van der Waals surface area contributed by atoms with Crippen molar-refractivity contribution in [3.05, 3.63) is 41.1 Å². The van der Waals surface area contributed by atoms with Crippen LogP contribution in [0.2, 0.25) is 5.15 Å². The van der Waals surface area contributed by atoms with Gasteiger partial charge >= 0.3 is 6.18 Å². The highest BCUT2D eigenvalue weighted by Crippen LogP contribution is 2.26. The van der Waals surface area contributed by atoms with Gasteiger partial charge in [0.25, 0.3) is 0 Å². The third kappa shape index (κ3) is 5.53. The van der Waals surface area contributed by atoms with Crippen LogP contribution < -0.4 is 9.63 Å². The van der Waals surface area contributed by atoms with Gasteiger partial charge in [0, 0.05) is 25.3 Å². The van der Waals surface area contributed by atoms with Gasteiger partial charge in [-0.05, 0) is 6.07 Å². The summed E-state index contributed by atoms with van der Waals surface area (Å²) in [4.78, 5) is 13.3. The summed E-state index contributed by atoms with van der Waals surface area (Å²) in [5, 5.41) is 15.4. The summed E-state index contributed by atoms with van der Waals surface area (Å²) in [6.45, 7) is 0. The van der Waals surface area contributed by atoms with E-state index < -0.39 is 11.9 Å². The number of hydrogen-bond donors (Lipinski definition) is 0. The number of hydrogen-bond acceptors (Lipinski definition) is 4. The Morgan fingerprint density at radius 1 is 1.52 bits per heavy atom. The van der Waals surface area contributed by atoms with Gasteiger partial charge in [-0.1, -0.05) is 11.6 Å². The molecule has 0 saturated carbocycles. The lowest BCUT2D eigenvalue weighted by atomic mass is 10.4. The number of carbonyl (C=O) groups is 1. The molecule has 0 aliphatic heterocycles. The van der Waals surface area contributed by atoms with Crippen LogP contribution in [0, 0.1) is 5.21 Å². The van der Waals surface area contributed by atoms with Crippen LogP contribution in [0.1, 0.15) is 6.42 Å². The number of rotatable bonds is 6. The van der Waals surface area contributed by atoms with E-state index in [1.54, 1.807) is 6.07 Å². The van der Waals surface area contributed by atoms with Crippen LogP contribution >= 0.6 is 23.4 Å². The fourth-order valence-corrected chi connectivity index (χ4v) is 2.88. The van der Waals surface area contributed by atoms with Gasteiger partial charge in [0.05, 0.1) is 11.9 Å². The summed E-state index contributed by atoms with van der Waals surface area (Å²) in [6, 6.07) is 3.17. The van der Waals surface area contributed by atoms with Gasteiger partial charge in [0.1, 0.15) is 11.4 Å². The first-order valence-corrected chi connectivity index (χ1v) is 8.56. The number of alkyl halides is 3. The number of aromatic nitrogens is 3. The molecule has 11 heteroatoms. The van der Waals surface area contributed by atoms with Crippen LogP contribution in [0.25, 0.3) is 5.69 Å². The zero-order valence-corrected chi connectivity index (χ0v) is 14.6. The van der Waals surface area contributed by atoms with Crippen molar-refractivity contribution in [1.29, 1.82) is 0 Å². The standard InChI is InChI=1S/C14H14ClF3N4O2S/c1-20(12(23)4-6-25-9-14(16,17)18)11-8-22(19-13(11)15)10-3-2-5-21(24)7-10/h2-3,5,7-8H,4,6,9H2,1H3. The third-order valence-corrected chi connectivity index (χ3v) is 4.43. The van der Waals surface area contributed by atoms with Gasteiger partial charge in [-0.2, -0.15) is 34.8 Å². The molecule has 0 aromatic carbocycles. The summed E-state index contributed by atoms with van der Waals surface area (Å²) in [7, 11) is 1.46. The van der Waals surface area contributed by atoms with Crippen molar-refractivity contribution in [2.24, 2.45) is 0 Å². The summed E-state index contributed by atoms with van der Waals surface area (Å²) in [5.74, 6) is -1.34. The van der Waals surface area contributed by atoms with Gasteiger partial charge in [0.2, 0.25) is 12.1 Å². The average molecular weight is 395 g/mol. The zero-order valence-electron chi connectivity index (χ0n) is 13.0. The predicted molar refractivity (Wildman–Crippen MR) is 88.9 cm³/mol. The van der Waals surface area contributed by atoms with E-state index in [4.69, 9.17) is 11.6 Å². The van der Waals surface area contributed by atoms with E-state index >= 15 is 0 Å². The maximum absolute atomic E-state index is 12.1. The molecule has 0 fully saturated rings. The fraction of sp³-hybridized carbons (Fsp3) is 0.357. The first kappa shape index (κ1) is 19.4. The minimum Gasteiger partial charge on any atom is -0.619 e. The molecule has 0 spiro atoms. The van der Waals surface area contributed by atoms with Gasteiger partial charge in [0.15, 0.2) is 11.3 Å². The number of carbonyl (C=O) groups excluding carboxylic acids is 1. The molecular weight excluding hydrogens is 381 g/mol. The van der Waals surface area contributed by atoms with Crippen molar-refractivity contribution in [3.63, 3.8) is 0 Å². The smallest absolute Gasteiger partial charge is 0.397 e. The van der Waals surface area contributed by atoms with E-state index in [0.29, 0.717) is 27.9 Å². The molecule has 0 radical (unpaired) electrons. The normalized spacial score (nSPS) is 11.6. The predicted octanol–water partition coefficient (Wildman–Crippen LogP) is 2.81. The molecule has 2 aromatic rings. The Morgan fingerprint density at radius 3 is 2.88 bits per heavy atom. The molecular formula is C14H14ClF3N4O2S. The van der Waals surface area contributed by atoms with Crippen LogP contribution in [-0.2, 0) is 4.79 Å². The quantitative estimate of drug-likeness (QED) is 0.429. The van der Waals surface area contributed by atoms with Crippen molar-refractivity contribution in [2.45, 2.75) is 12.6 Å². The molecule has 1 amide bonds. The highest BCUT2D eigenvalue weighted by Gasteiger charge is 2.27. The number of thioether (sulfide) groups is 1. The second-order valence-electron chi connectivity index (χ2n) is 5.04. The Kier molecular flexibility index (Phi) is 6.17. The second kappa shape index (κ2) is 7.96. The van der Waals surface area contributed by atoms with E-state index in [2.05, 4.69) is 5.10 Å². The molecule has 0 bridgehead atoms. The van der Waals surface area contributed by atoms with Crippen LogP contribution in [0.3, 0.4) is 0 Å². The second-order valence-corrected chi connectivity index (χ2v) is 6.51. The molecule has 0 aliphatic carbocycles. The third-order valence-electron chi connectivity index (χ3n) is 3.14. The SMILES string of the molecule is CN(C(=O)CCSCC(F)(F)F)c1cn(-c2ccc[n+]([O-])c2)nc1Cl. The first-order chi connectivity index (χ1) is 11.7. The van der Waals surface area contributed by atoms with Crippen LogP contribution in [0.4, 0.5) is 18.9 Å². The lowest BCUT2D eigenvalue weighted by molar-refractivity contribution is -0.605. The minimum atomic E-state index is -4.25. The minimum absolute atomic E-state index is 0.0418. The van der Waals surface area contributed by atoms with Crippen LogP contribution in [0.5, 0.6) is 0 Å².